The predicted molar refractivity (Wildman–Crippen MR) is 103 cm³/mol. The van der Waals surface area contributed by atoms with Gasteiger partial charge in [-0.1, -0.05) is 12.1 Å². The van der Waals surface area contributed by atoms with Crippen LogP contribution >= 0.6 is 0 Å². The average Bonchev–Trinajstić information content (AvgIpc) is 2.71. The molecule has 1 atom stereocenters. The molecule has 0 radical (unpaired) electrons. The largest absolute Gasteiger partial charge is 0.496 e. The molecule has 2 N–H and O–H groups in total. The molecule has 0 aliphatic carbocycles. The lowest BCUT2D eigenvalue weighted by Crippen LogP contribution is -2.40. The Hall–Kier alpha value is -2.78. The number of fused-ring (bicyclic) bond motifs is 1. The zero-order valence-corrected chi connectivity index (χ0v) is 16.4. The molecule has 0 aromatic heterocycles. The molecule has 9 heteroatoms. The number of sulfonamides is 1. The van der Waals surface area contributed by atoms with E-state index in [9.17, 15) is 13.2 Å². The van der Waals surface area contributed by atoms with Crippen molar-refractivity contribution in [1.82, 2.24) is 10.0 Å². The van der Waals surface area contributed by atoms with Crippen molar-refractivity contribution in [2.75, 3.05) is 26.8 Å². The van der Waals surface area contributed by atoms with Gasteiger partial charge in [0, 0.05) is 6.54 Å². The zero-order valence-electron chi connectivity index (χ0n) is 15.6. The van der Waals surface area contributed by atoms with Crippen LogP contribution in [0.25, 0.3) is 0 Å². The Kier molecular flexibility index (Phi) is 6.05. The predicted octanol–water partition coefficient (Wildman–Crippen LogP) is 1.56. The number of carbonyl (C=O) groups is 1. The summed E-state index contributed by atoms with van der Waals surface area (Å²) in [7, 11) is -2.43. The Morgan fingerprint density at radius 1 is 1.21 bits per heavy atom. The van der Waals surface area contributed by atoms with Crippen molar-refractivity contribution in [3.05, 3.63) is 48.0 Å². The number of hydrogen-bond donors (Lipinski definition) is 2. The van der Waals surface area contributed by atoms with Crippen molar-refractivity contribution in [3.8, 4) is 17.2 Å². The van der Waals surface area contributed by atoms with Gasteiger partial charge in [0.1, 0.15) is 18.5 Å². The van der Waals surface area contributed by atoms with Gasteiger partial charge in [0.2, 0.25) is 10.0 Å². The van der Waals surface area contributed by atoms with Crippen LogP contribution in [0, 0.1) is 0 Å². The van der Waals surface area contributed by atoms with Crippen LogP contribution in [0.3, 0.4) is 0 Å². The number of benzene rings is 2. The van der Waals surface area contributed by atoms with E-state index in [1.54, 1.807) is 19.1 Å². The summed E-state index contributed by atoms with van der Waals surface area (Å²) in [5, 5.41) is 2.64. The number of methoxy groups -OCH3 is 1. The molecule has 0 spiro atoms. The van der Waals surface area contributed by atoms with Gasteiger partial charge in [-0.2, -0.15) is 0 Å². The van der Waals surface area contributed by atoms with Gasteiger partial charge in [-0.25, -0.2) is 13.1 Å². The van der Waals surface area contributed by atoms with Crippen molar-refractivity contribution in [3.63, 3.8) is 0 Å². The number of rotatable bonds is 7. The van der Waals surface area contributed by atoms with Gasteiger partial charge < -0.3 is 19.5 Å². The lowest BCUT2D eigenvalue weighted by Gasteiger charge is -2.26. The SMILES string of the molecule is CCNC(=O)c1cc(S(=O)(=O)NC[C@@H]2COc3ccccc3O2)ccc1OC. The van der Waals surface area contributed by atoms with Crippen molar-refractivity contribution >= 4 is 15.9 Å². The standard InChI is InChI=1S/C19H22N2O6S/c1-3-20-19(22)15-10-14(8-9-16(15)25-2)28(23,24)21-11-13-12-26-17-6-4-5-7-18(17)27-13/h4-10,13,21H,3,11-12H2,1-2H3,(H,20,22)/t13-/m1/s1. The molecule has 0 fully saturated rings. The highest BCUT2D eigenvalue weighted by atomic mass is 32.2. The summed E-state index contributed by atoms with van der Waals surface area (Å²) in [6.07, 6.45) is -0.467. The highest BCUT2D eigenvalue weighted by Gasteiger charge is 2.24. The van der Waals surface area contributed by atoms with Crippen LogP contribution in [0.4, 0.5) is 0 Å². The maximum absolute atomic E-state index is 12.7. The molecular formula is C19H22N2O6S. The summed E-state index contributed by atoms with van der Waals surface area (Å²) in [4.78, 5) is 12.1. The summed E-state index contributed by atoms with van der Waals surface area (Å²) < 4.78 is 44.4. The fourth-order valence-corrected chi connectivity index (χ4v) is 3.83. The second kappa shape index (κ2) is 8.49. The third kappa shape index (κ3) is 4.37. The first kappa shape index (κ1) is 20.0. The van der Waals surface area contributed by atoms with E-state index in [-0.39, 0.29) is 23.6 Å². The van der Waals surface area contributed by atoms with Crippen LogP contribution < -0.4 is 24.2 Å². The minimum absolute atomic E-state index is 0.0270. The third-order valence-electron chi connectivity index (χ3n) is 4.13. The van der Waals surface area contributed by atoms with Crippen LogP contribution in [-0.4, -0.2) is 47.2 Å². The molecule has 8 nitrogen and oxygen atoms in total. The van der Waals surface area contributed by atoms with Crippen LogP contribution in [0.15, 0.2) is 47.4 Å². The summed E-state index contributed by atoms with van der Waals surface area (Å²) >= 11 is 0. The monoisotopic (exact) mass is 406 g/mol. The van der Waals surface area contributed by atoms with E-state index < -0.39 is 22.0 Å². The number of ether oxygens (including phenoxy) is 3. The highest BCUT2D eigenvalue weighted by molar-refractivity contribution is 7.89. The normalized spacial score (nSPS) is 15.7. The Morgan fingerprint density at radius 3 is 2.68 bits per heavy atom. The average molecular weight is 406 g/mol. The number of amides is 1. The lowest BCUT2D eigenvalue weighted by molar-refractivity contribution is 0.0942. The maximum Gasteiger partial charge on any atom is 0.255 e. The van der Waals surface area contributed by atoms with Gasteiger partial charge >= 0.3 is 0 Å². The molecule has 0 saturated heterocycles. The number of para-hydroxylation sites is 2. The molecule has 1 amide bonds. The van der Waals surface area contributed by atoms with Gasteiger partial charge in [-0.3, -0.25) is 4.79 Å². The second-order valence-corrected chi connectivity index (χ2v) is 7.84. The van der Waals surface area contributed by atoms with E-state index in [2.05, 4.69) is 10.0 Å². The lowest BCUT2D eigenvalue weighted by atomic mass is 10.2. The molecule has 1 heterocycles. The number of nitrogens with one attached hydrogen (secondary N) is 2. The fraction of sp³-hybridized carbons (Fsp3) is 0.316. The molecule has 1 aliphatic heterocycles. The smallest absolute Gasteiger partial charge is 0.255 e. The maximum atomic E-state index is 12.7. The van der Waals surface area contributed by atoms with E-state index in [4.69, 9.17) is 14.2 Å². The number of carbonyl (C=O) groups excluding carboxylic acids is 1. The topological polar surface area (TPSA) is 103 Å². The Balaban J connectivity index is 1.73. The van der Waals surface area contributed by atoms with E-state index >= 15 is 0 Å². The Morgan fingerprint density at radius 2 is 1.96 bits per heavy atom. The second-order valence-electron chi connectivity index (χ2n) is 6.07. The van der Waals surface area contributed by atoms with Crippen LogP contribution in [0.5, 0.6) is 17.2 Å². The van der Waals surface area contributed by atoms with Crippen molar-refractivity contribution in [2.45, 2.75) is 17.9 Å². The quantitative estimate of drug-likeness (QED) is 0.723. The van der Waals surface area contributed by atoms with Gasteiger partial charge in [-0.05, 0) is 37.3 Å². The summed E-state index contributed by atoms with van der Waals surface area (Å²) in [6, 6.07) is 11.3. The molecule has 150 valence electrons. The van der Waals surface area contributed by atoms with Gasteiger partial charge in [0.25, 0.3) is 5.91 Å². The van der Waals surface area contributed by atoms with E-state index in [0.29, 0.717) is 23.8 Å². The molecule has 28 heavy (non-hydrogen) atoms. The molecule has 0 saturated carbocycles. The third-order valence-corrected chi connectivity index (χ3v) is 5.55. The first-order valence-corrected chi connectivity index (χ1v) is 10.3. The molecule has 0 unspecified atom stereocenters. The Bertz CT molecular complexity index is 961. The summed E-state index contributed by atoms with van der Waals surface area (Å²) in [5.74, 6) is 1.09. The van der Waals surface area contributed by atoms with Crippen molar-refractivity contribution in [1.29, 1.82) is 0 Å². The van der Waals surface area contributed by atoms with Crippen molar-refractivity contribution in [2.24, 2.45) is 0 Å². The molecule has 3 rings (SSSR count). The van der Waals surface area contributed by atoms with E-state index in [0.717, 1.165) is 0 Å². The summed E-state index contributed by atoms with van der Waals surface area (Å²) in [5.41, 5.74) is 0.151. The first-order valence-electron chi connectivity index (χ1n) is 8.79. The molecular weight excluding hydrogens is 384 g/mol. The minimum Gasteiger partial charge on any atom is -0.496 e. The van der Waals surface area contributed by atoms with Gasteiger partial charge in [-0.15, -0.1) is 0 Å². The van der Waals surface area contributed by atoms with E-state index in [1.165, 1.54) is 25.3 Å². The van der Waals surface area contributed by atoms with Crippen LogP contribution in [0.1, 0.15) is 17.3 Å². The van der Waals surface area contributed by atoms with E-state index in [1.807, 2.05) is 12.1 Å². The highest BCUT2D eigenvalue weighted by Crippen LogP contribution is 2.30. The molecule has 0 bridgehead atoms. The molecule has 2 aromatic rings. The minimum atomic E-state index is -3.85. The van der Waals surface area contributed by atoms with Crippen LogP contribution in [0.2, 0.25) is 0 Å². The Labute approximate surface area is 163 Å². The van der Waals surface area contributed by atoms with Crippen molar-refractivity contribution < 1.29 is 27.4 Å². The van der Waals surface area contributed by atoms with Gasteiger partial charge in [0.05, 0.1) is 24.1 Å². The number of hydrogen-bond acceptors (Lipinski definition) is 6. The van der Waals surface area contributed by atoms with Gasteiger partial charge in [0.15, 0.2) is 11.5 Å². The molecule has 1 aliphatic rings. The molecule has 2 aromatic carbocycles. The van der Waals surface area contributed by atoms with Crippen LogP contribution in [-0.2, 0) is 10.0 Å². The summed E-state index contributed by atoms with van der Waals surface area (Å²) in [6.45, 7) is 2.44. The fourth-order valence-electron chi connectivity index (χ4n) is 2.74. The first-order chi connectivity index (χ1) is 13.4. The zero-order chi connectivity index (χ0) is 20.1.